The highest BCUT2D eigenvalue weighted by Gasteiger charge is 2.27. The van der Waals surface area contributed by atoms with E-state index in [2.05, 4.69) is 75.6 Å². The zero-order valence-corrected chi connectivity index (χ0v) is 23.8. The average molecular weight is 568 g/mol. The summed E-state index contributed by atoms with van der Waals surface area (Å²) in [6.07, 6.45) is 2.91. The Morgan fingerprint density at radius 1 is 0.929 bits per heavy atom. The predicted octanol–water partition coefficient (Wildman–Crippen LogP) is 5.17. The third-order valence-electron chi connectivity index (χ3n) is 7.26. The number of hydrogen-bond donors (Lipinski definition) is 1. The monoisotopic (exact) mass is 567 g/mol. The van der Waals surface area contributed by atoms with Gasteiger partial charge in [-0.3, -0.25) is 9.80 Å². The van der Waals surface area contributed by atoms with E-state index in [4.69, 9.17) is 14.0 Å². The number of piperazine rings is 1. The van der Waals surface area contributed by atoms with Crippen molar-refractivity contribution in [3.63, 3.8) is 0 Å². The number of esters is 1. The first-order valence-corrected chi connectivity index (χ1v) is 14.4. The van der Waals surface area contributed by atoms with Gasteiger partial charge in [-0.2, -0.15) is 0 Å². The second kappa shape index (κ2) is 14.6. The van der Waals surface area contributed by atoms with Crippen molar-refractivity contribution in [1.82, 2.24) is 15.0 Å². The molecule has 8 nitrogen and oxygen atoms in total. The highest BCUT2D eigenvalue weighted by atomic mass is 16.5. The molecule has 8 heteroatoms. The first-order valence-electron chi connectivity index (χ1n) is 14.4. The van der Waals surface area contributed by atoms with E-state index in [1.54, 1.807) is 13.0 Å². The van der Waals surface area contributed by atoms with E-state index < -0.39 is 12.1 Å². The molecule has 0 radical (unpaired) electrons. The second-order valence-corrected chi connectivity index (χ2v) is 10.2. The van der Waals surface area contributed by atoms with Gasteiger partial charge in [0.2, 0.25) is 0 Å². The molecule has 1 aromatic heterocycles. The number of β-amino-alcohol motifs (C(OH)–C–C–N with tert-alkyl or cyclic N) is 1. The summed E-state index contributed by atoms with van der Waals surface area (Å²) in [7, 11) is 0. The number of benzene rings is 3. The fourth-order valence-corrected chi connectivity index (χ4v) is 5.22. The molecule has 0 saturated carbocycles. The van der Waals surface area contributed by atoms with Crippen molar-refractivity contribution in [2.24, 2.45) is 0 Å². The lowest BCUT2D eigenvalue weighted by Crippen LogP contribution is -2.50. The van der Waals surface area contributed by atoms with Crippen LogP contribution in [0.5, 0.6) is 5.75 Å². The summed E-state index contributed by atoms with van der Waals surface area (Å²) in [4.78, 5) is 16.6. The predicted molar refractivity (Wildman–Crippen MR) is 162 cm³/mol. The van der Waals surface area contributed by atoms with Crippen molar-refractivity contribution in [3.8, 4) is 5.75 Å². The average Bonchev–Trinajstić information content (AvgIpc) is 3.51. The van der Waals surface area contributed by atoms with Crippen LogP contribution in [-0.2, 0) is 4.74 Å². The maximum atomic E-state index is 11.8. The highest BCUT2D eigenvalue weighted by Crippen LogP contribution is 2.29. The number of carbonyl (C=O) groups is 1. The van der Waals surface area contributed by atoms with Gasteiger partial charge in [0, 0.05) is 44.4 Å². The first kappa shape index (κ1) is 29.3. The summed E-state index contributed by atoms with van der Waals surface area (Å²) in [6, 6.07) is 30.6. The molecular formula is C34H37N3O5. The van der Waals surface area contributed by atoms with Crippen LogP contribution in [0, 0.1) is 0 Å². The van der Waals surface area contributed by atoms with E-state index >= 15 is 0 Å². The summed E-state index contributed by atoms with van der Waals surface area (Å²) in [5, 5.41) is 14.6. The summed E-state index contributed by atoms with van der Waals surface area (Å²) < 4.78 is 16.2. The quantitative estimate of drug-likeness (QED) is 0.235. The van der Waals surface area contributed by atoms with Gasteiger partial charge in [-0.25, -0.2) is 4.79 Å². The lowest BCUT2D eigenvalue weighted by molar-refractivity contribution is 0.0400. The Morgan fingerprint density at radius 3 is 2.24 bits per heavy atom. The van der Waals surface area contributed by atoms with Crippen LogP contribution < -0.4 is 4.74 Å². The van der Waals surface area contributed by atoms with Crippen LogP contribution in [0.2, 0.25) is 0 Å². The highest BCUT2D eigenvalue weighted by molar-refractivity contribution is 5.87. The Morgan fingerprint density at radius 2 is 1.57 bits per heavy atom. The van der Waals surface area contributed by atoms with E-state index in [1.165, 1.54) is 17.2 Å². The second-order valence-electron chi connectivity index (χ2n) is 10.2. The number of nitrogens with zero attached hydrogens (tertiary/aromatic N) is 3. The zero-order chi connectivity index (χ0) is 29.1. The number of rotatable bonds is 12. The molecule has 1 aliphatic heterocycles. The molecule has 0 amide bonds. The fraction of sp³-hybridized carbons (Fsp3) is 0.294. The molecular weight excluding hydrogens is 530 g/mol. The number of hydrogen-bond acceptors (Lipinski definition) is 8. The minimum Gasteiger partial charge on any atom is -0.490 e. The molecule has 1 atom stereocenters. The number of ether oxygens (including phenoxy) is 2. The lowest BCUT2D eigenvalue weighted by atomic mass is 9.96. The van der Waals surface area contributed by atoms with Gasteiger partial charge in [-0.1, -0.05) is 84.0 Å². The lowest BCUT2D eigenvalue weighted by Gasteiger charge is -2.40. The van der Waals surface area contributed by atoms with Gasteiger partial charge in [0.1, 0.15) is 18.5 Å². The van der Waals surface area contributed by atoms with Crippen molar-refractivity contribution in [2.45, 2.75) is 19.1 Å². The van der Waals surface area contributed by atoms with Gasteiger partial charge >= 0.3 is 5.97 Å². The smallest absolute Gasteiger partial charge is 0.360 e. The van der Waals surface area contributed by atoms with Gasteiger partial charge in [0.05, 0.1) is 12.6 Å². The van der Waals surface area contributed by atoms with Crippen molar-refractivity contribution < 1.29 is 23.9 Å². The summed E-state index contributed by atoms with van der Waals surface area (Å²) in [5.74, 6) is 0.553. The number of aromatic nitrogens is 1. The summed E-state index contributed by atoms with van der Waals surface area (Å²) in [6.45, 7) is 6.30. The van der Waals surface area contributed by atoms with Crippen molar-refractivity contribution >= 4 is 18.1 Å². The van der Waals surface area contributed by atoms with Crippen LogP contribution in [0.4, 0.5) is 0 Å². The Kier molecular flexibility index (Phi) is 10.2. The molecule has 1 saturated heterocycles. The molecule has 5 rings (SSSR count). The van der Waals surface area contributed by atoms with Crippen molar-refractivity contribution in [1.29, 1.82) is 0 Å². The van der Waals surface area contributed by atoms with Crippen LogP contribution in [0.1, 0.15) is 45.9 Å². The fourth-order valence-electron chi connectivity index (χ4n) is 5.22. The standard InChI is InChI=1S/C34H37N3O5/c1-2-40-34(39)31-23-30(42-35-31)18-17-26-11-9-10-16-32(26)41-25-29(38)24-36-19-21-37(22-20-36)33(27-12-5-3-6-13-27)28-14-7-4-8-15-28/h3-18,23,29,33,38H,2,19-22,24-25H2,1H3/b18-17+. The van der Waals surface area contributed by atoms with Crippen LogP contribution in [-0.4, -0.2) is 78.1 Å². The Labute approximate surface area is 246 Å². The molecule has 218 valence electrons. The first-order chi connectivity index (χ1) is 20.6. The minimum absolute atomic E-state index is 0.126. The molecule has 1 aliphatic rings. The van der Waals surface area contributed by atoms with Crippen LogP contribution in [0.25, 0.3) is 12.2 Å². The van der Waals surface area contributed by atoms with Crippen LogP contribution >= 0.6 is 0 Å². The molecule has 0 aliphatic carbocycles. The van der Waals surface area contributed by atoms with E-state index in [0.717, 1.165) is 31.7 Å². The van der Waals surface area contributed by atoms with Gasteiger partial charge in [-0.15, -0.1) is 0 Å². The van der Waals surface area contributed by atoms with Crippen molar-refractivity contribution in [2.75, 3.05) is 45.9 Å². The van der Waals surface area contributed by atoms with Crippen LogP contribution in [0.15, 0.2) is 95.5 Å². The molecule has 1 fully saturated rings. The minimum atomic E-state index is -0.631. The summed E-state index contributed by atoms with van der Waals surface area (Å²) in [5.41, 5.74) is 3.53. The van der Waals surface area contributed by atoms with E-state index in [1.807, 2.05) is 30.3 Å². The van der Waals surface area contributed by atoms with Crippen molar-refractivity contribution in [3.05, 3.63) is 119 Å². The number of aliphatic hydroxyl groups is 1. The van der Waals surface area contributed by atoms with Gasteiger partial charge in [0.25, 0.3) is 0 Å². The summed E-state index contributed by atoms with van der Waals surface area (Å²) >= 11 is 0. The van der Waals surface area contributed by atoms with Gasteiger partial charge in [0.15, 0.2) is 11.5 Å². The van der Waals surface area contributed by atoms with E-state index in [9.17, 15) is 9.90 Å². The normalized spacial score (nSPS) is 15.2. The molecule has 1 N–H and O–H groups in total. The zero-order valence-electron chi connectivity index (χ0n) is 23.8. The Bertz CT molecular complexity index is 1390. The third-order valence-corrected chi connectivity index (χ3v) is 7.26. The number of carbonyl (C=O) groups excluding carboxylic acids is 1. The van der Waals surface area contributed by atoms with Crippen LogP contribution in [0.3, 0.4) is 0 Å². The molecule has 4 aromatic rings. The molecule has 0 spiro atoms. The van der Waals surface area contributed by atoms with Gasteiger partial charge < -0.3 is 19.1 Å². The number of aliphatic hydroxyl groups excluding tert-OH is 1. The topological polar surface area (TPSA) is 88.3 Å². The van der Waals surface area contributed by atoms with E-state index in [0.29, 0.717) is 18.1 Å². The molecule has 42 heavy (non-hydrogen) atoms. The molecule has 1 unspecified atom stereocenters. The molecule has 3 aromatic carbocycles. The maximum Gasteiger partial charge on any atom is 0.360 e. The molecule has 2 heterocycles. The third kappa shape index (κ3) is 7.73. The Hall–Kier alpha value is -4.24. The maximum absolute atomic E-state index is 11.8. The largest absolute Gasteiger partial charge is 0.490 e. The molecule has 0 bridgehead atoms. The Balaban J connectivity index is 1.13. The SMILES string of the molecule is CCOC(=O)c1cc(/C=C/c2ccccc2OCC(O)CN2CCN(C(c3ccccc3)c3ccccc3)CC2)on1. The van der Waals surface area contributed by atoms with Gasteiger partial charge in [-0.05, 0) is 36.3 Å². The van der Waals surface area contributed by atoms with E-state index in [-0.39, 0.29) is 24.9 Å². The number of para-hydroxylation sites is 1.